The SMILES string of the molecule is N#CC(Cc1ccccc1I)(Nc1ccc(Cl)cc1)c1ccc(Cl)cc1. The lowest BCUT2D eigenvalue weighted by Crippen LogP contribution is -2.36. The molecule has 0 heterocycles. The number of anilines is 1. The number of hydrogen-bond acceptors (Lipinski definition) is 2. The summed E-state index contributed by atoms with van der Waals surface area (Å²) in [5.74, 6) is 0. The fraction of sp³-hybridized carbons (Fsp3) is 0.0952. The van der Waals surface area contributed by atoms with Crippen LogP contribution in [0.1, 0.15) is 11.1 Å². The molecule has 0 aliphatic carbocycles. The van der Waals surface area contributed by atoms with Crippen molar-refractivity contribution >= 4 is 51.5 Å². The first-order valence-electron chi connectivity index (χ1n) is 7.97. The molecule has 0 radical (unpaired) electrons. The molecule has 130 valence electrons. The lowest BCUT2D eigenvalue weighted by atomic mass is 9.84. The smallest absolute Gasteiger partial charge is 0.155 e. The molecule has 0 saturated heterocycles. The zero-order chi connectivity index (χ0) is 18.6. The van der Waals surface area contributed by atoms with Gasteiger partial charge in [0.25, 0.3) is 0 Å². The number of rotatable bonds is 5. The summed E-state index contributed by atoms with van der Waals surface area (Å²) in [4.78, 5) is 0. The molecule has 0 saturated carbocycles. The van der Waals surface area contributed by atoms with E-state index in [0.717, 1.165) is 20.4 Å². The Bertz CT molecular complexity index is 933. The zero-order valence-corrected chi connectivity index (χ0v) is 17.4. The van der Waals surface area contributed by atoms with Gasteiger partial charge in [0.2, 0.25) is 0 Å². The molecule has 3 rings (SSSR count). The molecule has 3 aromatic carbocycles. The van der Waals surface area contributed by atoms with Gasteiger partial charge >= 0.3 is 0 Å². The van der Waals surface area contributed by atoms with Gasteiger partial charge in [-0.3, -0.25) is 0 Å². The maximum Gasteiger partial charge on any atom is 0.155 e. The summed E-state index contributed by atoms with van der Waals surface area (Å²) in [6, 6.07) is 25.3. The van der Waals surface area contributed by atoms with Crippen LogP contribution in [-0.2, 0) is 12.0 Å². The topological polar surface area (TPSA) is 35.8 Å². The average Bonchev–Trinajstić information content (AvgIpc) is 2.65. The van der Waals surface area contributed by atoms with Crippen LogP contribution in [0.3, 0.4) is 0 Å². The van der Waals surface area contributed by atoms with Crippen molar-refractivity contribution in [3.8, 4) is 6.07 Å². The van der Waals surface area contributed by atoms with E-state index in [9.17, 15) is 5.26 Å². The minimum absolute atomic E-state index is 0.521. The Kier molecular flexibility index (Phi) is 6.08. The average molecular weight is 493 g/mol. The van der Waals surface area contributed by atoms with E-state index in [2.05, 4.69) is 34.0 Å². The first-order valence-corrected chi connectivity index (χ1v) is 9.80. The Hall–Kier alpha value is -1.74. The molecule has 0 aromatic heterocycles. The van der Waals surface area contributed by atoms with E-state index in [0.29, 0.717) is 16.5 Å². The van der Waals surface area contributed by atoms with Crippen LogP contribution in [0.15, 0.2) is 72.8 Å². The van der Waals surface area contributed by atoms with Gasteiger partial charge in [0.15, 0.2) is 5.54 Å². The predicted octanol–water partition coefficient (Wildman–Crippen LogP) is 6.67. The van der Waals surface area contributed by atoms with E-state index in [1.165, 1.54) is 0 Å². The van der Waals surface area contributed by atoms with Crippen molar-refractivity contribution in [1.29, 1.82) is 5.26 Å². The third-order valence-corrected chi connectivity index (χ3v) is 5.70. The van der Waals surface area contributed by atoms with Crippen LogP contribution in [0.25, 0.3) is 0 Å². The fourth-order valence-electron chi connectivity index (χ4n) is 2.79. The molecule has 3 aromatic rings. The van der Waals surface area contributed by atoms with Gasteiger partial charge in [-0.05, 0) is 76.2 Å². The van der Waals surface area contributed by atoms with Gasteiger partial charge in [0.05, 0.1) is 6.07 Å². The van der Waals surface area contributed by atoms with Crippen LogP contribution in [0, 0.1) is 14.9 Å². The molecule has 0 fully saturated rings. The number of benzene rings is 3. The summed E-state index contributed by atoms with van der Waals surface area (Å²) < 4.78 is 1.12. The lowest BCUT2D eigenvalue weighted by Gasteiger charge is -2.30. The molecule has 5 heteroatoms. The van der Waals surface area contributed by atoms with Crippen molar-refractivity contribution in [3.05, 3.63) is 97.5 Å². The molecule has 26 heavy (non-hydrogen) atoms. The normalized spacial score (nSPS) is 12.8. The number of nitrogens with zero attached hydrogens (tertiary/aromatic N) is 1. The second-order valence-electron chi connectivity index (χ2n) is 5.92. The van der Waals surface area contributed by atoms with E-state index >= 15 is 0 Å². The highest BCUT2D eigenvalue weighted by Crippen LogP contribution is 2.32. The summed E-state index contributed by atoms with van der Waals surface area (Å²) in [5.41, 5.74) is 1.86. The molecule has 2 nitrogen and oxygen atoms in total. The monoisotopic (exact) mass is 492 g/mol. The molecule has 1 N–H and O–H groups in total. The Morgan fingerprint density at radius 2 is 1.46 bits per heavy atom. The summed E-state index contributed by atoms with van der Waals surface area (Å²) in [5, 5.41) is 14.9. The number of halogens is 3. The van der Waals surface area contributed by atoms with Gasteiger partial charge in [-0.15, -0.1) is 0 Å². The van der Waals surface area contributed by atoms with E-state index in [1.807, 2.05) is 60.7 Å². The van der Waals surface area contributed by atoms with Crippen molar-refractivity contribution in [3.63, 3.8) is 0 Å². The van der Waals surface area contributed by atoms with Crippen molar-refractivity contribution in [2.75, 3.05) is 5.32 Å². The van der Waals surface area contributed by atoms with E-state index < -0.39 is 5.54 Å². The minimum atomic E-state index is -0.931. The van der Waals surface area contributed by atoms with Gasteiger partial charge < -0.3 is 5.32 Å². The second-order valence-corrected chi connectivity index (χ2v) is 7.96. The van der Waals surface area contributed by atoms with Crippen molar-refractivity contribution in [1.82, 2.24) is 0 Å². The predicted molar refractivity (Wildman–Crippen MR) is 117 cm³/mol. The Balaban J connectivity index is 2.07. The number of nitrogens with one attached hydrogen (secondary N) is 1. The highest BCUT2D eigenvalue weighted by Gasteiger charge is 2.33. The minimum Gasteiger partial charge on any atom is -0.363 e. The molecule has 1 unspecified atom stereocenters. The second kappa shape index (κ2) is 8.30. The molecule has 0 bridgehead atoms. The zero-order valence-electron chi connectivity index (χ0n) is 13.7. The van der Waals surface area contributed by atoms with Crippen molar-refractivity contribution < 1.29 is 0 Å². The molecule has 0 aliphatic rings. The Morgan fingerprint density at radius 1 is 0.885 bits per heavy atom. The Labute approximate surface area is 176 Å². The third-order valence-electron chi connectivity index (χ3n) is 4.14. The van der Waals surface area contributed by atoms with Crippen LogP contribution in [-0.4, -0.2) is 0 Å². The van der Waals surface area contributed by atoms with E-state index in [4.69, 9.17) is 23.2 Å². The van der Waals surface area contributed by atoms with Gasteiger partial charge in [-0.25, -0.2) is 0 Å². The summed E-state index contributed by atoms with van der Waals surface area (Å²) in [7, 11) is 0. The number of hydrogen-bond donors (Lipinski definition) is 1. The maximum atomic E-state index is 10.2. The van der Waals surface area contributed by atoms with Crippen LogP contribution >= 0.6 is 45.8 Å². The van der Waals surface area contributed by atoms with Gasteiger partial charge in [0.1, 0.15) is 0 Å². The van der Waals surface area contributed by atoms with Crippen LogP contribution < -0.4 is 5.32 Å². The highest BCUT2D eigenvalue weighted by molar-refractivity contribution is 14.1. The van der Waals surface area contributed by atoms with Crippen LogP contribution in [0.4, 0.5) is 5.69 Å². The molecule has 0 aliphatic heterocycles. The Morgan fingerprint density at radius 3 is 2.04 bits per heavy atom. The highest BCUT2D eigenvalue weighted by atomic mass is 127. The molecule has 1 atom stereocenters. The fourth-order valence-corrected chi connectivity index (χ4v) is 3.62. The summed E-state index contributed by atoms with van der Waals surface area (Å²) >= 11 is 14.3. The maximum absolute atomic E-state index is 10.2. The quantitative estimate of drug-likeness (QED) is 0.403. The molecular formula is C21H15Cl2IN2. The van der Waals surface area contributed by atoms with Gasteiger partial charge in [0, 0.05) is 25.7 Å². The third kappa shape index (κ3) is 4.32. The van der Waals surface area contributed by atoms with Crippen LogP contribution in [0.5, 0.6) is 0 Å². The van der Waals surface area contributed by atoms with Crippen molar-refractivity contribution in [2.45, 2.75) is 12.0 Å². The summed E-state index contributed by atoms with van der Waals surface area (Å²) in [6.07, 6.45) is 0.521. The molecular weight excluding hydrogens is 478 g/mol. The molecule has 0 spiro atoms. The summed E-state index contributed by atoms with van der Waals surface area (Å²) in [6.45, 7) is 0. The molecule has 0 amide bonds. The van der Waals surface area contributed by atoms with Gasteiger partial charge in [-0.1, -0.05) is 53.5 Å². The first-order chi connectivity index (χ1) is 12.5. The van der Waals surface area contributed by atoms with E-state index in [1.54, 1.807) is 12.1 Å². The lowest BCUT2D eigenvalue weighted by molar-refractivity contribution is 0.622. The first kappa shape index (κ1) is 19.0. The van der Waals surface area contributed by atoms with E-state index in [-0.39, 0.29) is 0 Å². The van der Waals surface area contributed by atoms with Crippen molar-refractivity contribution in [2.24, 2.45) is 0 Å². The van der Waals surface area contributed by atoms with Crippen LogP contribution in [0.2, 0.25) is 10.0 Å². The number of nitriles is 1. The largest absolute Gasteiger partial charge is 0.363 e. The standard InChI is InChI=1S/C21H15Cl2IN2/c22-17-7-5-16(6-8-17)21(14-25,13-15-3-1-2-4-20(15)24)26-19-11-9-18(23)10-12-19/h1-12,26H,13H2. The van der Waals surface area contributed by atoms with Gasteiger partial charge in [-0.2, -0.15) is 5.26 Å².